The molecule has 3 atom stereocenters. The largest absolute Gasteiger partial charge is 0.573 e. The molecule has 0 radical (unpaired) electrons. The van der Waals surface area contributed by atoms with Gasteiger partial charge in [0.1, 0.15) is 12.1 Å². The summed E-state index contributed by atoms with van der Waals surface area (Å²) in [4.78, 5) is 50.9. The maximum atomic E-state index is 14.1. The number of rotatable bonds is 8. The number of carbonyl (C=O) groups is 3. The van der Waals surface area contributed by atoms with E-state index in [1.165, 1.54) is 18.5 Å². The predicted molar refractivity (Wildman–Crippen MR) is 148 cm³/mol. The molecule has 2 fully saturated rings. The van der Waals surface area contributed by atoms with E-state index in [-0.39, 0.29) is 54.3 Å². The molecule has 9 nitrogen and oxygen atoms in total. The van der Waals surface area contributed by atoms with E-state index in [1.54, 1.807) is 17.3 Å². The second kappa shape index (κ2) is 11.3. The van der Waals surface area contributed by atoms with Crippen LogP contribution in [0.3, 0.4) is 0 Å². The first-order chi connectivity index (χ1) is 20.6. The van der Waals surface area contributed by atoms with E-state index in [2.05, 4.69) is 14.7 Å². The Morgan fingerprint density at radius 1 is 0.953 bits per heavy atom. The molecule has 0 saturated heterocycles. The number of alkyl halides is 3. The van der Waals surface area contributed by atoms with E-state index in [1.807, 2.05) is 23.1 Å². The van der Waals surface area contributed by atoms with Gasteiger partial charge in [0.25, 0.3) is 5.91 Å². The minimum atomic E-state index is -4.85. The van der Waals surface area contributed by atoms with Crippen LogP contribution in [0.1, 0.15) is 66.9 Å². The maximum absolute atomic E-state index is 14.1. The van der Waals surface area contributed by atoms with Crippen molar-refractivity contribution < 1.29 is 37.4 Å². The molecule has 6 rings (SSSR count). The molecule has 224 valence electrons. The number of hydrogen-bond acceptors (Lipinski definition) is 6. The molecule has 0 spiro atoms. The van der Waals surface area contributed by atoms with E-state index in [0.29, 0.717) is 12.1 Å². The quantitative estimate of drug-likeness (QED) is 0.352. The lowest BCUT2D eigenvalue weighted by Crippen LogP contribution is -2.53. The molecule has 0 bridgehead atoms. The summed E-state index contributed by atoms with van der Waals surface area (Å²) >= 11 is 0. The van der Waals surface area contributed by atoms with Crippen LogP contribution in [0.5, 0.6) is 5.75 Å². The number of hydrogen-bond donors (Lipinski definition) is 1. The van der Waals surface area contributed by atoms with Crippen LogP contribution in [0, 0.1) is 5.92 Å². The van der Waals surface area contributed by atoms with Gasteiger partial charge in [-0.1, -0.05) is 12.5 Å². The van der Waals surface area contributed by atoms with Crippen LogP contribution in [0.2, 0.25) is 0 Å². The minimum Gasteiger partial charge on any atom is -0.481 e. The number of aromatic nitrogens is 2. The van der Waals surface area contributed by atoms with Gasteiger partial charge in [-0.3, -0.25) is 14.4 Å². The number of anilines is 1. The number of benzene rings is 2. The summed E-state index contributed by atoms with van der Waals surface area (Å²) in [5, 5.41) is 9.27. The number of amides is 2. The Bertz CT molecular complexity index is 1530. The second-order valence-electron chi connectivity index (χ2n) is 11.2. The third-order valence-electron chi connectivity index (χ3n) is 8.40. The van der Waals surface area contributed by atoms with Crippen LogP contribution in [0.4, 0.5) is 18.9 Å². The van der Waals surface area contributed by atoms with Gasteiger partial charge in [-0.2, -0.15) is 0 Å². The average molecular weight is 595 g/mol. The van der Waals surface area contributed by atoms with Crippen molar-refractivity contribution in [3.63, 3.8) is 0 Å². The van der Waals surface area contributed by atoms with Crippen molar-refractivity contribution >= 4 is 23.5 Å². The summed E-state index contributed by atoms with van der Waals surface area (Å²) in [6, 6.07) is 9.90. The van der Waals surface area contributed by atoms with Crippen LogP contribution < -0.4 is 9.64 Å². The number of nitrogens with zero attached hydrogens (tertiary/aromatic N) is 4. The van der Waals surface area contributed by atoms with Crippen molar-refractivity contribution in [1.82, 2.24) is 14.9 Å². The van der Waals surface area contributed by atoms with Crippen molar-refractivity contribution in [1.29, 1.82) is 0 Å². The number of halogens is 3. The highest BCUT2D eigenvalue weighted by atomic mass is 19.4. The zero-order valence-corrected chi connectivity index (χ0v) is 23.0. The van der Waals surface area contributed by atoms with Crippen LogP contribution >= 0.6 is 0 Å². The summed E-state index contributed by atoms with van der Waals surface area (Å²) in [5.74, 6) is -2.15. The highest BCUT2D eigenvalue weighted by molar-refractivity contribution is 6.07. The Labute approximate surface area is 245 Å². The molecule has 1 N–H and O–H groups in total. The number of carbonyl (C=O) groups excluding carboxylic acids is 2. The molecule has 2 amide bonds. The monoisotopic (exact) mass is 594 g/mol. The van der Waals surface area contributed by atoms with Gasteiger partial charge in [0.15, 0.2) is 0 Å². The summed E-state index contributed by atoms with van der Waals surface area (Å²) < 4.78 is 42.1. The summed E-state index contributed by atoms with van der Waals surface area (Å²) in [7, 11) is 0. The Balaban J connectivity index is 1.44. The van der Waals surface area contributed by atoms with Crippen LogP contribution in [-0.4, -0.2) is 56.2 Å². The van der Waals surface area contributed by atoms with E-state index in [4.69, 9.17) is 0 Å². The van der Waals surface area contributed by atoms with E-state index >= 15 is 0 Å². The number of aliphatic carboxylic acids is 1. The van der Waals surface area contributed by atoms with Gasteiger partial charge in [-0.25, -0.2) is 9.97 Å². The third-order valence-corrected chi connectivity index (χ3v) is 8.40. The van der Waals surface area contributed by atoms with Crippen LogP contribution in [0.25, 0.3) is 11.1 Å². The summed E-state index contributed by atoms with van der Waals surface area (Å²) in [6.45, 7) is 0. The van der Waals surface area contributed by atoms with Crippen LogP contribution in [-0.2, 0) is 9.59 Å². The number of carboxylic acids is 1. The highest BCUT2D eigenvalue weighted by Gasteiger charge is 2.51. The van der Waals surface area contributed by atoms with Crippen molar-refractivity contribution in [3.05, 3.63) is 72.3 Å². The number of fused-ring (bicyclic) bond motifs is 2. The molecule has 1 aliphatic heterocycles. The molecule has 3 aliphatic rings. The molecule has 43 heavy (non-hydrogen) atoms. The smallest absolute Gasteiger partial charge is 0.481 e. The molecule has 3 aromatic rings. The predicted octanol–water partition coefficient (Wildman–Crippen LogP) is 5.77. The Kier molecular flexibility index (Phi) is 7.53. The van der Waals surface area contributed by atoms with Crippen LogP contribution in [0.15, 0.2) is 61.2 Å². The maximum Gasteiger partial charge on any atom is 0.573 e. The molecule has 2 aliphatic carbocycles. The van der Waals surface area contributed by atoms with Crippen molar-refractivity contribution in [2.75, 3.05) is 4.90 Å². The SMILES string of the molecule is O=C(O)CCC(=O)N(C1CC1)[C@H]1c2cc(-c3cncnc3)ccc2N(C(=O)c2ccc(OC(F)(F)F)cc2)[C@H]2CCC[C@H]21. The van der Waals surface area contributed by atoms with E-state index in [9.17, 15) is 32.7 Å². The van der Waals surface area contributed by atoms with E-state index < -0.39 is 18.1 Å². The number of ether oxygens (including phenoxy) is 1. The Hall–Kier alpha value is -4.48. The zero-order chi connectivity index (χ0) is 30.3. The Morgan fingerprint density at radius 3 is 2.33 bits per heavy atom. The van der Waals surface area contributed by atoms with Gasteiger partial charge in [-0.05, 0) is 73.2 Å². The Morgan fingerprint density at radius 2 is 1.67 bits per heavy atom. The lowest BCUT2D eigenvalue weighted by molar-refractivity contribution is -0.274. The van der Waals surface area contributed by atoms with Gasteiger partial charge in [-0.15, -0.1) is 13.2 Å². The van der Waals surface area contributed by atoms with Gasteiger partial charge >= 0.3 is 12.3 Å². The van der Waals surface area contributed by atoms with Gasteiger partial charge in [0, 0.05) is 53.6 Å². The molecular weight excluding hydrogens is 565 g/mol. The molecule has 1 aromatic heterocycles. The van der Waals surface area contributed by atoms with Gasteiger partial charge < -0.3 is 19.6 Å². The molecule has 0 unspecified atom stereocenters. The van der Waals surface area contributed by atoms with Gasteiger partial charge in [0.2, 0.25) is 5.91 Å². The summed E-state index contributed by atoms with van der Waals surface area (Å²) in [5.41, 5.74) is 3.15. The average Bonchev–Trinajstić information content (AvgIpc) is 3.70. The third kappa shape index (κ3) is 5.91. The zero-order valence-electron chi connectivity index (χ0n) is 23.0. The fraction of sp³-hybridized carbons (Fsp3) is 0.387. The lowest BCUT2D eigenvalue weighted by Gasteiger charge is -2.48. The normalized spacial score (nSPS) is 21.1. The standard InChI is InChI=1S/C31H29F3N4O5/c32-31(33,34)43-22-9-4-18(5-10-22)30(42)38-25-3-1-2-23(25)29(37(21-7-8-21)27(39)12-13-28(40)41)24-14-19(6-11-26(24)38)20-15-35-17-36-16-20/h4-6,9-11,14-17,21,23,25,29H,1-3,7-8,12-13H2,(H,40,41)/t23-,25+,29-/m1/s1. The first kappa shape index (κ1) is 28.6. The topological polar surface area (TPSA) is 113 Å². The first-order valence-corrected chi connectivity index (χ1v) is 14.2. The molecular formula is C31H29F3N4O5. The molecule has 2 heterocycles. The molecule has 2 saturated carbocycles. The van der Waals surface area contributed by atoms with Crippen molar-refractivity contribution in [3.8, 4) is 16.9 Å². The highest BCUT2D eigenvalue weighted by Crippen LogP contribution is 2.53. The molecule has 2 aromatic carbocycles. The summed E-state index contributed by atoms with van der Waals surface area (Å²) in [6.07, 6.45) is 3.46. The second-order valence-corrected chi connectivity index (χ2v) is 11.2. The minimum absolute atomic E-state index is 0.00691. The lowest BCUT2D eigenvalue weighted by atomic mass is 9.80. The molecule has 12 heteroatoms. The van der Waals surface area contributed by atoms with E-state index in [0.717, 1.165) is 54.5 Å². The number of carboxylic acid groups (broad SMARTS) is 1. The first-order valence-electron chi connectivity index (χ1n) is 14.2. The van der Waals surface area contributed by atoms with Crippen molar-refractivity contribution in [2.45, 2.75) is 69.4 Å². The van der Waals surface area contributed by atoms with Gasteiger partial charge in [0.05, 0.1) is 12.5 Å². The fourth-order valence-electron chi connectivity index (χ4n) is 6.54. The van der Waals surface area contributed by atoms with Crippen molar-refractivity contribution in [2.24, 2.45) is 5.92 Å². The fourth-order valence-corrected chi connectivity index (χ4v) is 6.54.